The Bertz CT molecular complexity index is 951. The van der Waals surface area contributed by atoms with Crippen molar-refractivity contribution in [2.75, 3.05) is 36.4 Å². The molecular formula is C20H21N7O. The van der Waals surface area contributed by atoms with Gasteiger partial charge < -0.3 is 21.3 Å². The van der Waals surface area contributed by atoms with Crippen LogP contribution in [0.5, 0.6) is 0 Å². The molecule has 142 valence electrons. The molecule has 0 atom stereocenters. The summed E-state index contributed by atoms with van der Waals surface area (Å²) in [7, 11) is 0. The summed E-state index contributed by atoms with van der Waals surface area (Å²) in [5, 5.41) is 6.47. The molecule has 0 spiro atoms. The minimum atomic E-state index is -0.457. The third-order valence-electron chi connectivity index (χ3n) is 4.57. The Kier molecular flexibility index (Phi) is 5.11. The second kappa shape index (κ2) is 8.01. The summed E-state index contributed by atoms with van der Waals surface area (Å²) in [6.45, 7) is 3.88. The Morgan fingerprint density at radius 3 is 2.50 bits per heavy atom. The van der Waals surface area contributed by atoms with Crippen molar-refractivity contribution >= 4 is 23.4 Å². The highest BCUT2D eigenvalue weighted by molar-refractivity contribution is 5.93. The maximum atomic E-state index is 11.2. The number of rotatable bonds is 5. The van der Waals surface area contributed by atoms with Gasteiger partial charge in [0.05, 0.1) is 5.69 Å². The molecule has 2 aromatic heterocycles. The highest BCUT2D eigenvalue weighted by Gasteiger charge is 2.12. The lowest BCUT2D eigenvalue weighted by atomic mass is 10.2. The lowest BCUT2D eigenvalue weighted by Crippen LogP contribution is -2.43. The number of primary amides is 1. The Hall–Kier alpha value is -3.52. The average molecular weight is 375 g/mol. The number of nitrogens with two attached hydrogens (primary N) is 1. The first kappa shape index (κ1) is 17.9. The summed E-state index contributed by atoms with van der Waals surface area (Å²) in [5.41, 5.74) is 8.20. The van der Waals surface area contributed by atoms with E-state index in [4.69, 9.17) is 5.73 Å². The largest absolute Gasteiger partial charge is 0.366 e. The smallest absolute Gasteiger partial charge is 0.248 e. The fourth-order valence-corrected chi connectivity index (χ4v) is 3.05. The first-order chi connectivity index (χ1) is 13.7. The fourth-order valence-electron chi connectivity index (χ4n) is 3.05. The summed E-state index contributed by atoms with van der Waals surface area (Å²) in [4.78, 5) is 26.8. The number of hydrogen-bond donors (Lipinski definition) is 3. The van der Waals surface area contributed by atoms with E-state index in [-0.39, 0.29) is 0 Å². The lowest BCUT2D eigenvalue weighted by molar-refractivity contribution is 0.100. The molecule has 1 saturated heterocycles. The molecule has 1 aliphatic heterocycles. The van der Waals surface area contributed by atoms with Crippen LogP contribution in [0.4, 0.5) is 17.5 Å². The van der Waals surface area contributed by atoms with Crippen molar-refractivity contribution in [2.24, 2.45) is 5.73 Å². The van der Waals surface area contributed by atoms with Crippen LogP contribution < -0.4 is 21.3 Å². The van der Waals surface area contributed by atoms with E-state index in [9.17, 15) is 4.79 Å². The molecule has 0 saturated carbocycles. The van der Waals surface area contributed by atoms with Gasteiger partial charge in [0, 0.05) is 55.4 Å². The van der Waals surface area contributed by atoms with Gasteiger partial charge in [-0.1, -0.05) is 0 Å². The number of amides is 1. The molecular weight excluding hydrogens is 354 g/mol. The van der Waals surface area contributed by atoms with E-state index in [1.165, 1.54) is 0 Å². The van der Waals surface area contributed by atoms with Gasteiger partial charge in [0.2, 0.25) is 11.9 Å². The van der Waals surface area contributed by atoms with Crippen molar-refractivity contribution in [2.45, 2.75) is 0 Å². The zero-order chi connectivity index (χ0) is 19.3. The summed E-state index contributed by atoms with van der Waals surface area (Å²) in [6, 6.07) is 12.7. The number of aromatic nitrogens is 3. The van der Waals surface area contributed by atoms with Crippen molar-refractivity contribution in [3.63, 3.8) is 0 Å². The topological polar surface area (TPSA) is 109 Å². The van der Waals surface area contributed by atoms with Crippen LogP contribution >= 0.6 is 0 Å². The van der Waals surface area contributed by atoms with Gasteiger partial charge >= 0.3 is 0 Å². The molecule has 3 aromatic rings. The van der Waals surface area contributed by atoms with Gasteiger partial charge in [0.1, 0.15) is 5.82 Å². The number of carbonyl (C=O) groups is 1. The second-order valence-electron chi connectivity index (χ2n) is 6.47. The zero-order valence-electron chi connectivity index (χ0n) is 15.3. The van der Waals surface area contributed by atoms with Crippen LogP contribution in [0, 0.1) is 0 Å². The summed E-state index contributed by atoms with van der Waals surface area (Å²) in [6.07, 6.45) is 3.54. The maximum absolute atomic E-state index is 11.2. The Labute approximate surface area is 162 Å². The fraction of sp³-hybridized carbons (Fsp3) is 0.200. The summed E-state index contributed by atoms with van der Waals surface area (Å²) >= 11 is 0. The van der Waals surface area contributed by atoms with Crippen molar-refractivity contribution in [1.82, 2.24) is 20.3 Å². The Balaban J connectivity index is 1.49. The number of anilines is 3. The maximum Gasteiger partial charge on any atom is 0.248 e. The van der Waals surface area contributed by atoms with Crippen LogP contribution in [0.1, 0.15) is 10.4 Å². The number of piperazine rings is 1. The number of pyridine rings is 1. The van der Waals surface area contributed by atoms with E-state index in [1.54, 1.807) is 30.5 Å². The molecule has 3 heterocycles. The van der Waals surface area contributed by atoms with Gasteiger partial charge in [0.15, 0.2) is 0 Å². The molecule has 4 N–H and O–H groups in total. The van der Waals surface area contributed by atoms with Gasteiger partial charge in [-0.2, -0.15) is 0 Å². The first-order valence-corrected chi connectivity index (χ1v) is 9.11. The molecule has 28 heavy (non-hydrogen) atoms. The highest BCUT2D eigenvalue weighted by Crippen LogP contribution is 2.21. The third-order valence-corrected chi connectivity index (χ3v) is 4.57. The van der Waals surface area contributed by atoms with Crippen molar-refractivity contribution in [3.8, 4) is 11.3 Å². The molecule has 1 amide bonds. The van der Waals surface area contributed by atoms with Crippen molar-refractivity contribution < 1.29 is 4.79 Å². The number of carbonyl (C=O) groups excluding carboxylic acids is 1. The number of hydrogen-bond acceptors (Lipinski definition) is 7. The first-order valence-electron chi connectivity index (χ1n) is 9.11. The Morgan fingerprint density at radius 2 is 1.82 bits per heavy atom. The van der Waals surface area contributed by atoms with E-state index in [0.29, 0.717) is 11.5 Å². The van der Waals surface area contributed by atoms with E-state index in [0.717, 1.165) is 48.9 Å². The highest BCUT2D eigenvalue weighted by atomic mass is 16.1. The SMILES string of the molecule is NC(=O)c1ccc(Nc2nccc(-c3ccc(N4CCNCC4)nc3)n2)cc1. The third kappa shape index (κ3) is 4.07. The van der Waals surface area contributed by atoms with Gasteiger partial charge in [-0.15, -0.1) is 0 Å². The molecule has 8 heteroatoms. The average Bonchev–Trinajstić information content (AvgIpc) is 2.75. The normalized spacial score (nSPS) is 13.9. The number of nitrogens with zero attached hydrogens (tertiary/aromatic N) is 4. The van der Waals surface area contributed by atoms with Crippen LogP contribution in [-0.2, 0) is 0 Å². The predicted molar refractivity (Wildman–Crippen MR) is 109 cm³/mol. The zero-order valence-corrected chi connectivity index (χ0v) is 15.3. The monoisotopic (exact) mass is 375 g/mol. The van der Waals surface area contributed by atoms with E-state index >= 15 is 0 Å². The van der Waals surface area contributed by atoms with Crippen LogP contribution in [0.15, 0.2) is 54.9 Å². The molecule has 4 rings (SSSR count). The molecule has 0 bridgehead atoms. The van der Waals surface area contributed by atoms with Crippen molar-refractivity contribution in [1.29, 1.82) is 0 Å². The summed E-state index contributed by atoms with van der Waals surface area (Å²) in [5.74, 6) is 0.990. The number of benzene rings is 1. The molecule has 0 unspecified atom stereocenters. The van der Waals surface area contributed by atoms with Gasteiger partial charge in [-0.3, -0.25) is 4.79 Å². The molecule has 1 fully saturated rings. The molecule has 0 radical (unpaired) electrons. The molecule has 1 aliphatic rings. The lowest BCUT2D eigenvalue weighted by Gasteiger charge is -2.28. The quantitative estimate of drug-likeness (QED) is 0.624. The van der Waals surface area contributed by atoms with E-state index in [1.807, 2.05) is 24.4 Å². The van der Waals surface area contributed by atoms with Gasteiger partial charge in [-0.25, -0.2) is 15.0 Å². The Morgan fingerprint density at radius 1 is 1.04 bits per heavy atom. The minimum Gasteiger partial charge on any atom is -0.366 e. The van der Waals surface area contributed by atoms with Gasteiger partial charge in [-0.05, 0) is 42.5 Å². The van der Waals surface area contributed by atoms with Crippen LogP contribution in [-0.4, -0.2) is 47.0 Å². The molecule has 8 nitrogen and oxygen atoms in total. The van der Waals surface area contributed by atoms with E-state index in [2.05, 4.69) is 30.5 Å². The second-order valence-corrected chi connectivity index (χ2v) is 6.47. The van der Waals surface area contributed by atoms with Crippen molar-refractivity contribution in [3.05, 3.63) is 60.4 Å². The summed E-state index contributed by atoms with van der Waals surface area (Å²) < 4.78 is 0. The van der Waals surface area contributed by atoms with Crippen LogP contribution in [0.2, 0.25) is 0 Å². The molecule has 0 aliphatic carbocycles. The standard InChI is InChI=1S/C20H21N7O/c21-19(28)14-1-4-16(5-2-14)25-20-23-8-7-17(26-20)15-3-6-18(24-13-15)27-11-9-22-10-12-27/h1-8,13,22H,9-12H2,(H2,21,28)(H,23,25,26). The van der Waals surface area contributed by atoms with Crippen LogP contribution in [0.3, 0.4) is 0 Å². The number of nitrogens with one attached hydrogen (secondary N) is 2. The van der Waals surface area contributed by atoms with Gasteiger partial charge in [0.25, 0.3) is 0 Å². The molecule has 1 aromatic carbocycles. The predicted octanol–water partition coefficient (Wildman–Crippen LogP) is 1.79. The minimum absolute atomic E-state index is 0.455. The van der Waals surface area contributed by atoms with Crippen LogP contribution in [0.25, 0.3) is 11.3 Å². The van der Waals surface area contributed by atoms with E-state index < -0.39 is 5.91 Å².